The summed E-state index contributed by atoms with van der Waals surface area (Å²) in [5, 5.41) is 21.4. The van der Waals surface area contributed by atoms with E-state index in [1.165, 1.54) is 13.8 Å². The summed E-state index contributed by atoms with van der Waals surface area (Å²) >= 11 is 0. The third-order valence-electron chi connectivity index (χ3n) is 2.87. The average molecular weight is 447 g/mol. The first kappa shape index (κ1) is 30.8. The molecule has 0 aliphatic carbocycles. The van der Waals surface area contributed by atoms with Crippen molar-refractivity contribution < 1.29 is 27.2 Å². The van der Waals surface area contributed by atoms with Gasteiger partial charge in [-0.15, -0.1) is 9.81 Å². The summed E-state index contributed by atoms with van der Waals surface area (Å²) in [6, 6.07) is 18.2. The van der Waals surface area contributed by atoms with Crippen LogP contribution in [0.1, 0.15) is 27.7 Å². The Labute approximate surface area is 181 Å². The molecule has 0 aliphatic heterocycles. The summed E-state index contributed by atoms with van der Waals surface area (Å²) in [4.78, 5) is 23.1. The van der Waals surface area contributed by atoms with Gasteiger partial charge in [-0.05, 0) is 50.2 Å². The van der Waals surface area contributed by atoms with Crippen LogP contribution >= 0.6 is 0 Å². The number of nitroso groups, excluding NO2 is 2. The first-order valence-electron chi connectivity index (χ1n) is 8.02. The largest absolute Gasteiger partial charge is 0.291 e. The number of benzene rings is 1. The molecule has 1 radical (unpaired) electrons. The predicted octanol–water partition coefficient (Wildman–Crippen LogP) is 4.53. The van der Waals surface area contributed by atoms with Crippen molar-refractivity contribution in [2.24, 2.45) is 10.4 Å². The van der Waals surface area contributed by atoms with E-state index in [1.54, 1.807) is 37.2 Å². The van der Waals surface area contributed by atoms with Crippen LogP contribution in [-0.2, 0) is 16.8 Å². The van der Waals surface area contributed by atoms with Crippen LogP contribution in [0.3, 0.4) is 0 Å². The predicted molar refractivity (Wildman–Crippen MR) is 108 cm³/mol. The van der Waals surface area contributed by atoms with Gasteiger partial charge in [-0.3, -0.25) is 26.4 Å². The van der Waals surface area contributed by atoms with Gasteiger partial charge in [0.15, 0.2) is 0 Å². The fraction of sp³-hybridized carbons (Fsp3) is 0.211. The summed E-state index contributed by atoms with van der Waals surface area (Å²) < 4.78 is 0. The molecule has 1 heterocycles. The quantitative estimate of drug-likeness (QED) is 0.307. The third kappa shape index (κ3) is 21.2. The molecule has 0 amide bonds. The van der Waals surface area contributed by atoms with E-state index < -0.39 is 0 Å². The number of pyridine rings is 1. The summed E-state index contributed by atoms with van der Waals surface area (Å²) in [7, 11) is 0. The monoisotopic (exact) mass is 447 g/mol. The molecule has 0 fully saturated rings. The Morgan fingerprint density at radius 2 is 1.14 bits per heavy atom. The number of nitrogens with one attached hydrogen (secondary N) is 2. The van der Waals surface area contributed by atoms with Crippen molar-refractivity contribution in [3.05, 3.63) is 99.6 Å². The van der Waals surface area contributed by atoms with E-state index in [9.17, 15) is 9.81 Å². The molecule has 161 valence electrons. The Kier molecular flexibility index (Phi) is 24.5. The fourth-order valence-corrected chi connectivity index (χ4v) is 0.953. The van der Waals surface area contributed by atoms with Crippen molar-refractivity contribution in [2.45, 2.75) is 27.7 Å². The van der Waals surface area contributed by atoms with Gasteiger partial charge in [0.2, 0.25) is 0 Å². The molecule has 0 saturated heterocycles. The molecule has 2 aromatic rings. The fourth-order valence-electron chi connectivity index (χ4n) is 0.953. The van der Waals surface area contributed by atoms with E-state index in [1.807, 2.05) is 48.5 Å². The van der Waals surface area contributed by atoms with Crippen LogP contribution in [-0.4, -0.2) is 15.4 Å². The molecule has 2 rings (SSSR count). The maximum Gasteiger partial charge on any atom is 0.103 e. The summed E-state index contributed by atoms with van der Waals surface area (Å²) in [5.74, 6) is 0. The SMILES string of the molecule is C/C(N=O)=C(\C)NO.C/C(N=O)=C(\C)NO.[Co].[c-]1ccccc1.c1ccncc1. The van der Waals surface area contributed by atoms with Crippen molar-refractivity contribution in [3.63, 3.8) is 0 Å². The molecule has 29 heavy (non-hydrogen) atoms. The molecule has 0 saturated carbocycles. The van der Waals surface area contributed by atoms with Crippen LogP contribution in [0.2, 0.25) is 0 Å². The van der Waals surface area contributed by atoms with Crippen molar-refractivity contribution >= 4 is 0 Å². The van der Waals surface area contributed by atoms with Crippen LogP contribution in [0.15, 0.2) is 94.1 Å². The topological polar surface area (TPSA) is 136 Å². The molecule has 1 aromatic heterocycles. The molecule has 4 N–H and O–H groups in total. The molecule has 10 heteroatoms. The standard InChI is InChI=1S/C6H5.C5H5N.2C4H8N2O2.Co/c2*1-2-4-6-5-3-1;2*1-3(5-7)4(2)6-8;/h2*1-5H;2*5,7H,1-2H3;/q-1;;;;/b;;2*4-3-;. The van der Waals surface area contributed by atoms with Crippen LogP contribution in [0.25, 0.3) is 0 Å². The Morgan fingerprint density at radius 1 is 0.759 bits per heavy atom. The normalized spacial score (nSPS) is 10.1. The van der Waals surface area contributed by atoms with E-state index in [2.05, 4.69) is 21.4 Å². The number of hydrogen-bond acceptors (Lipinski definition) is 9. The minimum atomic E-state index is 0. The van der Waals surface area contributed by atoms with Gasteiger partial charge in [-0.2, -0.15) is 36.4 Å². The molecule has 9 nitrogen and oxygen atoms in total. The van der Waals surface area contributed by atoms with E-state index in [-0.39, 0.29) is 28.2 Å². The second kappa shape index (κ2) is 23.1. The van der Waals surface area contributed by atoms with Crippen molar-refractivity contribution in [1.29, 1.82) is 0 Å². The Morgan fingerprint density at radius 3 is 1.24 bits per heavy atom. The first-order valence-corrected chi connectivity index (χ1v) is 8.02. The maximum absolute atomic E-state index is 9.65. The van der Waals surface area contributed by atoms with E-state index >= 15 is 0 Å². The van der Waals surface area contributed by atoms with Gasteiger partial charge in [0.25, 0.3) is 0 Å². The van der Waals surface area contributed by atoms with Gasteiger partial charge in [-0.25, -0.2) is 0 Å². The minimum Gasteiger partial charge on any atom is -0.291 e. The first-order chi connectivity index (χ1) is 13.4. The van der Waals surface area contributed by atoms with Crippen LogP contribution in [0, 0.1) is 15.9 Å². The van der Waals surface area contributed by atoms with Crippen LogP contribution < -0.4 is 11.0 Å². The average Bonchev–Trinajstić information content (AvgIpc) is 2.80. The molecule has 1 aromatic carbocycles. The minimum absolute atomic E-state index is 0. The van der Waals surface area contributed by atoms with Gasteiger partial charge in [0.1, 0.15) is 11.4 Å². The smallest absolute Gasteiger partial charge is 0.103 e. The van der Waals surface area contributed by atoms with Gasteiger partial charge in [0, 0.05) is 29.2 Å². The zero-order valence-electron chi connectivity index (χ0n) is 16.7. The number of nitrogens with zero attached hydrogens (tertiary/aromatic N) is 3. The summed E-state index contributed by atoms with van der Waals surface area (Å²) in [6.45, 7) is 6.12. The molecular formula is C19H26CoN5O4-. The Balaban J connectivity index is -0.000000309. The van der Waals surface area contributed by atoms with E-state index in [4.69, 9.17) is 10.4 Å². The maximum atomic E-state index is 9.65. The second-order valence-electron chi connectivity index (χ2n) is 4.93. The van der Waals surface area contributed by atoms with Crippen LogP contribution in [0.4, 0.5) is 0 Å². The molecule has 0 spiro atoms. The van der Waals surface area contributed by atoms with Crippen molar-refractivity contribution in [2.75, 3.05) is 0 Å². The molecular weight excluding hydrogens is 421 g/mol. The number of allylic oxidation sites excluding steroid dienone is 4. The molecule has 0 bridgehead atoms. The molecule has 0 unspecified atom stereocenters. The van der Waals surface area contributed by atoms with E-state index in [0.29, 0.717) is 11.4 Å². The van der Waals surface area contributed by atoms with Crippen molar-refractivity contribution in [1.82, 2.24) is 15.9 Å². The summed E-state index contributed by atoms with van der Waals surface area (Å²) in [6.07, 6.45) is 3.50. The Bertz CT molecular complexity index is 583. The number of hydrogen-bond donors (Lipinski definition) is 4. The molecule has 0 atom stereocenters. The summed E-state index contributed by atoms with van der Waals surface area (Å²) in [5.41, 5.74) is 4.87. The van der Waals surface area contributed by atoms with Gasteiger partial charge < -0.3 is 0 Å². The zero-order valence-corrected chi connectivity index (χ0v) is 17.7. The van der Waals surface area contributed by atoms with Gasteiger partial charge in [0.05, 0.1) is 11.4 Å². The van der Waals surface area contributed by atoms with Gasteiger partial charge >= 0.3 is 0 Å². The Hall–Kier alpha value is -2.92. The number of rotatable bonds is 4. The number of hydroxylamine groups is 2. The third-order valence-corrected chi connectivity index (χ3v) is 2.87. The van der Waals surface area contributed by atoms with Gasteiger partial charge in [-0.1, -0.05) is 6.07 Å². The number of aromatic nitrogens is 1. The molecule has 0 aliphatic rings. The van der Waals surface area contributed by atoms with E-state index in [0.717, 1.165) is 0 Å². The van der Waals surface area contributed by atoms with Crippen LogP contribution in [0.5, 0.6) is 0 Å². The second-order valence-corrected chi connectivity index (χ2v) is 4.93. The zero-order chi connectivity index (χ0) is 21.6. The van der Waals surface area contributed by atoms with Crippen molar-refractivity contribution in [3.8, 4) is 0 Å².